The Kier molecular flexibility index (Phi) is 2.76. The summed E-state index contributed by atoms with van der Waals surface area (Å²) in [6, 6.07) is 8.48. The van der Waals surface area contributed by atoms with Gasteiger partial charge in [-0.25, -0.2) is 4.98 Å². The highest BCUT2D eigenvalue weighted by Gasteiger charge is 2.20. The molecule has 2 aromatic rings. The summed E-state index contributed by atoms with van der Waals surface area (Å²) >= 11 is 3.58. The number of hydrogen-bond donors (Lipinski definition) is 1. The predicted octanol–water partition coefficient (Wildman–Crippen LogP) is 2.59. The van der Waals surface area contributed by atoms with E-state index in [1.165, 1.54) is 5.69 Å². The van der Waals surface area contributed by atoms with E-state index in [1.54, 1.807) is 0 Å². The number of nitrogens with two attached hydrogens (primary N) is 1. The minimum absolute atomic E-state index is 0.284. The molecule has 88 valence electrons. The third-order valence-electron chi connectivity index (χ3n) is 3.25. The predicted molar refractivity (Wildman–Crippen MR) is 71.7 cm³/mol. The lowest BCUT2D eigenvalue weighted by Crippen LogP contribution is -2.30. The summed E-state index contributed by atoms with van der Waals surface area (Å²) < 4.78 is 3.37. The highest BCUT2D eigenvalue weighted by molar-refractivity contribution is 9.10. The average Bonchev–Trinajstić information content (AvgIpc) is 2.72. The van der Waals surface area contributed by atoms with Crippen LogP contribution in [0.15, 0.2) is 34.9 Å². The first kappa shape index (κ1) is 11.0. The van der Waals surface area contributed by atoms with Gasteiger partial charge in [-0.3, -0.25) is 0 Å². The van der Waals surface area contributed by atoms with Gasteiger partial charge in [0.25, 0.3) is 0 Å². The zero-order valence-electron chi connectivity index (χ0n) is 9.44. The Morgan fingerprint density at radius 3 is 3.00 bits per heavy atom. The molecule has 0 amide bonds. The molecule has 0 spiro atoms. The van der Waals surface area contributed by atoms with Crippen molar-refractivity contribution in [2.75, 3.05) is 0 Å². The minimum atomic E-state index is 0.284. The van der Waals surface area contributed by atoms with Gasteiger partial charge in [0.1, 0.15) is 5.82 Å². The molecule has 1 unspecified atom stereocenters. The fourth-order valence-electron chi connectivity index (χ4n) is 2.35. The minimum Gasteiger partial charge on any atom is -0.328 e. The molecule has 2 N–H and O–H groups in total. The first-order valence-corrected chi connectivity index (χ1v) is 6.60. The molecule has 3 rings (SSSR count). The van der Waals surface area contributed by atoms with E-state index in [1.807, 2.05) is 24.4 Å². The molecule has 2 heterocycles. The summed E-state index contributed by atoms with van der Waals surface area (Å²) in [6.07, 6.45) is 3.91. The summed E-state index contributed by atoms with van der Waals surface area (Å²) in [5.41, 5.74) is 8.37. The van der Waals surface area contributed by atoms with Crippen molar-refractivity contribution < 1.29 is 0 Å². The Morgan fingerprint density at radius 2 is 2.18 bits per heavy atom. The summed E-state index contributed by atoms with van der Waals surface area (Å²) in [6.45, 7) is 0.965. The molecule has 4 heteroatoms. The average molecular weight is 292 g/mol. The Hall–Kier alpha value is -1.13. The number of halogens is 1. The Morgan fingerprint density at radius 1 is 1.35 bits per heavy atom. The van der Waals surface area contributed by atoms with Crippen molar-refractivity contribution in [1.82, 2.24) is 9.55 Å². The SMILES string of the molecule is NC1CCn2c(cnc2-c2ccccc2Br)C1. The number of fused-ring (bicyclic) bond motifs is 1. The second kappa shape index (κ2) is 4.27. The van der Waals surface area contributed by atoms with Crippen LogP contribution in [0.5, 0.6) is 0 Å². The molecular formula is C13H14BrN3. The molecule has 0 aliphatic carbocycles. The summed E-state index contributed by atoms with van der Waals surface area (Å²) in [5.74, 6) is 1.04. The maximum Gasteiger partial charge on any atom is 0.141 e. The van der Waals surface area contributed by atoms with E-state index in [-0.39, 0.29) is 6.04 Å². The quantitative estimate of drug-likeness (QED) is 0.878. The number of hydrogen-bond acceptors (Lipinski definition) is 2. The zero-order chi connectivity index (χ0) is 11.8. The lowest BCUT2D eigenvalue weighted by molar-refractivity contribution is 0.474. The van der Waals surface area contributed by atoms with Gasteiger partial charge >= 0.3 is 0 Å². The largest absolute Gasteiger partial charge is 0.328 e. The summed E-state index contributed by atoms with van der Waals surface area (Å²) in [4.78, 5) is 4.54. The van der Waals surface area contributed by atoms with Gasteiger partial charge in [-0.15, -0.1) is 0 Å². The molecule has 1 aliphatic rings. The van der Waals surface area contributed by atoms with Crippen molar-refractivity contribution in [2.24, 2.45) is 5.73 Å². The van der Waals surface area contributed by atoms with Crippen LogP contribution in [-0.4, -0.2) is 15.6 Å². The molecule has 3 nitrogen and oxygen atoms in total. The Labute approximate surface area is 109 Å². The monoisotopic (exact) mass is 291 g/mol. The molecule has 0 saturated heterocycles. The van der Waals surface area contributed by atoms with Crippen LogP contribution in [0.4, 0.5) is 0 Å². The van der Waals surface area contributed by atoms with E-state index in [9.17, 15) is 0 Å². The van der Waals surface area contributed by atoms with Crippen molar-refractivity contribution in [3.05, 3.63) is 40.6 Å². The van der Waals surface area contributed by atoms with E-state index in [0.717, 1.165) is 35.2 Å². The van der Waals surface area contributed by atoms with Crippen LogP contribution in [0.3, 0.4) is 0 Å². The van der Waals surface area contributed by atoms with Crippen molar-refractivity contribution in [1.29, 1.82) is 0 Å². The molecule has 0 saturated carbocycles. The molecule has 17 heavy (non-hydrogen) atoms. The van der Waals surface area contributed by atoms with Crippen LogP contribution in [0.25, 0.3) is 11.4 Å². The van der Waals surface area contributed by atoms with Gasteiger partial charge in [-0.1, -0.05) is 34.1 Å². The normalized spacial score (nSPS) is 19.1. The summed E-state index contributed by atoms with van der Waals surface area (Å²) in [7, 11) is 0. The van der Waals surface area contributed by atoms with Crippen molar-refractivity contribution in [2.45, 2.75) is 25.4 Å². The van der Waals surface area contributed by atoms with E-state index in [0.29, 0.717) is 0 Å². The first-order valence-electron chi connectivity index (χ1n) is 5.80. The van der Waals surface area contributed by atoms with E-state index >= 15 is 0 Å². The number of benzene rings is 1. The highest BCUT2D eigenvalue weighted by atomic mass is 79.9. The smallest absolute Gasteiger partial charge is 0.141 e. The molecule has 0 bridgehead atoms. The van der Waals surface area contributed by atoms with Gasteiger partial charge in [0.2, 0.25) is 0 Å². The van der Waals surface area contributed by atoms with Crippen molar-refractivity contribution >= 4 is 15.9 Å². The van der Waals surface area contributed by atoms with Crippen LogP contribution >= 0.6 is 15.9 Å². The Bertz CT molecular complexity index is 547. The molecule has 1 aliphatic heterocycles. The third kappa shape index (κ3) is 1.91. The second-order valence-electron chi connectivity index (χ2n) is 4.46. The second-order valence-corrected chi connectivity index (χ2v) is 5.31. The lowest BCUT2D eigenvalue weighted by atomic mass is 10.1. The van der Waals surface area contributed by atoms with Gasteiger partial charge in [0.05, 0.1) is 0 Å². The summed E-state index contributed by atoms with van der Waals surface area (Å²) in [5, 5.41) is 0. The number of imidazole rings is 1. The van der Waals surface area contributed by atoms with E-state index < -0.39 is 0 Å². The van der Waals surface area contributed by atoms with Crippen LogP contribution in [0.2, 0.25) is 0 Å². The topological polar surface area (TPSA) is 43.8 Å². The Balaban J connectivity index is 2.09. The first-order chi connectivity index (χ1) is 8.25. The number of nitrogens with zero attached hydrogens (tertiary/aromatic N) is 2. The third-order valence-corrected chi connectivity index (χ3v) is 3.94. The lowest BCUT2D eigenvalue weighted by Gasteiger charge is -2.22. The maximum absolute atomic E-state index is 5.98. The van der Waals surface area contributed by atoms with Crippen LogP contribution in [0, 0.1) is 0 Å². The standard InChI is InChI=1S/C13H14BrN3/c14-12-4-2-1-3-11(12)13-16-8-10-7-9(15)5-6-17(10)13/h1-4,8-9H,5-7,15H2. The fraction of sp³-hybridized carbons (Fsp3) is 0.308. The van der Waals surface area contributed by atoms with Gasteiger partial charge in [0, 0.05) is 40.9 Å². The molecule has 1 aromatic heterocycles. The van der Waals surface area contributed by atoms with Crippen LogP contribution in [0.1, 0.15) is 12.1 Å². The molecule has 1 aromatic carbocycles. The fourth-order valence-corrected chi connectivity index (χ4v) is 2.81. The molecule has 0 fully saturated rings. The number of aromatic nitrogens is 2. The van der Waals surface area contributed by atoms with E-state index in [2.05, 4.69) is 31.5 Å². The van der Waals surface area contributed by atoms with Gasteiger partial charge in [-0.2, -0.15) is 0 Å². The van der Waals surface area contributed by atoms with Gasteiger partial charge < -0.3 is 10.3 Å². The molecular weight excluding hydrogens is 278 g/mol. The molecule has 0 radical (unpaired) electrons. The van der Waals surface area contributed by atoms with Crippen LogP contribution < -0.4 is 5.73 Å². The highest BCUT2D eigenvalue weighted by Crippen LogP contribution is 2.29. The molecule has 1 atom stereocenters. The van der Waals surface area contributed by atoms with Gasteiger partial charge in [-0.05, 0) is 12.5 Å². The van der Waals surface area contributed by atoms with Crippen molar-refractivity contribution in [3.8, 4) is 11.4 Å². The maximum atomic E-state index is 5.98. The van der Waals surface area contributed by atoms with Gasteiger partial charge in [0.15, 0.2) is 0 Å². The van der Waals surface area contributed by atoms with Crippen molar-refractivity contribution in [3.63, 3.8) is 0 Å². The van der Waals surface area contributed by atoms with E-state index in [4.69, 9.17) is 5.73 Å². The number of rotatable bonds is 1. The van der Waals surface area contributed by atoms with Crippen LogP contribution in [-0.2, 0) is 13.0 Å². The zero-order valence-corrected chi connectivity index (χ0v) is 11.0.